The first-order valence-electron chi connectivity index (χ1n) is 11.5. The number of nitrogens with zero attached hydrogens (tertiary/aromatic N) is 5. The zero-order chi connectivity index (χ0) is 22.6. The van der Waals surface area contributed by atoms with Gasteiger partial charge in [0, 0.05) is 57.4 Å². The van der Waals surface area contributed by atoms with Gasteiger partial charge in [-0.1, -0.05) is 54.6 Å². The SMILES string of the molecule is [C-]#[N+]c1ccc(Cn2cncc2CN2CCN(C(=O)NC3C[C@H]3c3ccccc3)CC2)cc1. The van der Waals surface area contributed by atoms with E-state index in [4.69, 9.17) is 6.57 Å². The number of carbonyl (C=O) groups excluding carboxylic acids is 1. The van der Waals surface area contributed by atoms with Crippen LogP contribution in [-0.2, 0) is 13.1 Å². The second-order valence-corrected chi connectivity index (χ2v) is 8.86. The van der Waals surface area contributed by atoms with E-state index in [2.05, 4.69) is 48.9 Å². The van der Waals surface area contributed by atoms with Gasteiger partial charge in [-0.05, 0) is 17.5 Å². The van der Waals surface area contributed by atoms with E-state index in [1.165, 1.54) is 5.56 Å². The summed E-state index contributed by atoms with van der Waals surface area (Å²) in [5.41, 5.74) is 4.28. The number of carbonyl (C=O) groups is 1. The molecule has 2 aliphatic rings. The van der Waals surface area contributed by atoms with E-state index in [9.17, 15) is 4.79 Å². The predicted octanol–water partition coefficient (Wildman–Crippen LogP) is 3.87. The molecule has 2 atom stereocenters. The van der Waals surface area contributed by atoms with Gasteiger partial charge in [-0.2, -0.15) is 0 Å². The van der Waals surface area contributed by atoms with Crippen molar-refractivity contribution in [1.82, 2.24) is 24.7 Å². The molecule has 7 nitrogen and oxygen atoms in total. The van der Waals surface area contributed by atoms with Gasteiger partial charge in [0.25, 0.3) is 0 Å². The summed E-state index contributed by atoms with van der Waals surface area (Å²) in [6.45, 7) is 11.8. The van der Waals surface area contributed by atoms with E-state index in [1.54, 1.807) is 0 Å². The van der Waals surface area contributed by atoms with E-state index in [1.807, 2.05) is 47.8 Å². The largest absolute Gasteiger partial charge is 0.335 e. The third-order valence-electron chi connectivity index (χ3n) is 6.59. The molecule has 33 heavy (non-hydrogen) atoms. The topological polar surface area (TPSA) is 57.8 Å². The number of nitrogens with one attached hydrogen (secondary N) is 1. The van der Waals surface area contributed by atoms with E-state index in [0.717, 1.165) is 56.9 Å². The Morgan fingerprint density at radius 1 is 1.03 bits per heavy atom. The maximum absolute atomic E-state index is 12.7. The van der Waals surface area contributed by atoms with E-state index in [-0.39, 0.29) is 12.1 Å². The van der Waals surface area contributed by atoms with Crippen molar-refractivity contribution in [1.29, 1.82) is 0 Å². The van der Waals surface area contributed by atoms with Crippen molar-refractivity contribution < 1.29 is 4.79 Å². The molecule has 1 aliphatic carbocycles. The van der Waals surface area contributed by atoms with Crippen molar-refractivity contribution in [2.75, 3.05) is 26.2 Å². The Morgan fingerprint density at radius 2 is 1.79 bits per heavy atom. The molecule has 5 rings (SSSR count). The van der Waals surface area contributed by atoms with Gasteiger partial charge >= 0.3 is 6.03 Å². The summed E-state index contributed by atoms with van der Waals surface area (Å²) in [6.07, 6.45) is 4.81. The molecule has 0 bridgehead atoms. The molecule has 1 N–H and O–H groups in total. The average Bonchev–Trinajstić information content (AvgIpc) is 3.50. The van der Waals surface area contributed by atoms with Gasteiger partial charge in [0.1, 0.15) is 0 Å². The van der Waals surface area contributed by atoms with Crippen molar-refractivity contribution >= 4 is 11.7 Å². The highest BCUT2D eigenvalue weighted by molar-refractivity contribution is 5.75. The molecule has 0 radical (unpaired) electrons. The summed E-state index contributed by atoms with van der Waals surface area (Å²) in [4.78, 5) is 24.8. The molecule has 1 aromatic heterocycles. The number of hydrogen-bond donors (Lipinski definition) is 1. The lowest BCUT2D eigenvalue weighted by Gasteiger charge is -2.34. The Balaban J connectivity index is 1.09. The third kappa shape index (κ3) is 5.07. The molecule has 7 heteroatoms. The van der Waals surface area contributed by atoms with Crippen LogP contribution in [0.3, 0.4) is 0 Å². The lowest BCUT2D eigenvalue weighted by atomic mass is 10.1. The second kappa shape index (κ2) is 9.47. The van der Waals surface area contributed by atoms with Gasteiger partial charge in [0.15, 0.2) is 5.69 Å². The molecule has 2 aromatic carbocycles. The highest BCUT2D eigenvalue weighted by Crippen LogP contribution is 2.40. The molecular weight excluding hydrogens is 412 g/mol. The number of piperazine rings is 1. The molecule has 1 unspecified atom stereocenters. The minimum absolute atomic E-state index is 0.0611. The molecule has 2 amide bonds. The van der Waals surface area contributed by atoms with Crippen LogP contribution >= 0.6 is 0 Å². The van der Waals surface area contributed by atoms with E-state index < -0.39 is 0 Å². The van der Waals surface area contributed by atoms with Crippen molar-refractivity contribution in [3.63, 3.8) is 0 Å². The molecule has 0 spiro atoms. The summed E-state index contributed by atoms with van der Waals surface area (Å²) in [6, 6.07) is 18.5. The Kier molecular flexibility index (Phi) is 6.09. The van der Waals surface area contributed by atoms with Crippen LogP contribution in [0.25, 0.3) is 4.85 Å². The van der Waals surface area contributed by atoms with Crippen molar-refractivity contribution in [2.45, 2.75) is 31.5 Å². The fourth-order valence-corrected chi connectivity index (χ4v) is 4.51. The first-order chi connectivity index (χ1) is 16.2. The van der Waals surface area contributed by atoms with Gasteiger partial charge in [-0.25, -0.2) is 14.6 Å². The predicted molar refractivity (Wildman–Crippen MR) is 127 cm³/mol. The molecule has 1 saturated heterocycles. The molecule has 2 heterocycles. The fraction of sp³-hybridized carbons (Fsp3) is 0.346. The highest BCUT2D eigenvalue weighted by Gasteiger charge is 2.40. The quantitative estimate of drug-likeness (QED) is 0.592. The maximum Gasteiger partial charge on any atom is 0.317 e. The van der Waals surface area contributed by atoms with Crippen LogP contribution in [0.1, 0.15) is 29.2 Å². The molecule has 168 valence electrons. The first-order valence-corrected chi connectivity index (χ1v) is 11.5. The number of urea groups is 1. The van der Waals surface area contributed by atoms with Gasteiger partial charge in [0.05, 0.1) is 18.6 Å². The van der Waals surface area contributed by atoms with Gasteiger partial charge in [-0.15, -0.1) is 0 Å². The van der Waals surface area contributed by atoms with Crippen LogP contribution in [0, 0.1) is 6.57 Å². The highest BCUT2D eigenvalue weighted by atomic mass is 16.2. The van der Waals surface area contributed by atoms with Crippen LogP contribution < -0.4 is 5.32 Å². The number of imidazole rings is 1. The Morgan fingerprint density at radius 3 is 2.52 bits per heavy atom. The minimum Gasteiger partial charge on any atom is -0.335 e. The lowest BCUT2D eigenvalue weighted by molar-refractivity contribution is 0.133. The van der Waals surface area contributed by atoms with E-state index in [0.29, 0.717) is 11.6 Å². The normalized spacial score (nSPS) is 20.3. The summed E-state index contributed by atoms with van der Waals surface area (Å²) < 4.78 is 2.16. The van der Waals surface area contributed by atoms with Crippen molar-refractivity contribution in [3.8, 4) is 0 Å². The molecule has 2 fully saturated rings. The lowest BCUT2D eigenvalue weighted by Crippen LogP contribution is -2.52. The van der Waals surface area contributed by atoms with Crippen LogP contribution in [0.4, 0.5) is 10.5 Å². The zero-order valence-electron chi connectivity index (χ0n) is 18.6. The Labute approximate surface area is 194 Å². The number of rotatable bonds is 6. The Bertz CT molecular complexity index is 1130. The second-order valence-electron chi connectivity index (χ2n) is 8.86. The number of hydrogen-bond acceptors (Lipinski definition) is 3. The number of aromatic nitrogens is 2. The fourth-order valence-electron chi connectivity index (χ4n) is 4.51. The zero-order valence-corrected chi connectivity index (χ0v) is 18.6. The minimum atomic E-state index is 0.0611. The summed E-state index contributed by atoms with van der Waals surface area (Å²) >= 11 is 0. The van der Waals surface area contributed by atoms with Gasteiger partial charge in [0.2, 0.25) is 0 Å². The number of amides is 2. The third-order valence-corrected chi connectivity index (χ3v) is 6.59. The van der Waals surface area contributed by atoms with Gasteiger partial charge < -0.3 is 14.8 Å². The monoisotopic (exact) mass is 440 g/mol. The molecule has 3 aromatic rings. The van der Waals surface area contributed by atoms with Crippen LogP contribution in [0.5, 0.6) is 0 Å². The summed E-state index contributed by atoms with van der Waals surface area (Å²) in [5, 5.41) is 3.21. The Hall–Kier alpha value is -3.63. The molecular formula is C26H28N6O. The van der Waals surface area contributed by atoms with Gasteiger partial charge in [-0.3, -0.25) is 4.90 Å². The van der Waals surface area contributed by atoms with Crippen molar-refractivity contribution in [3.05, 3.63) is 95.4 Å². The van der Waals surface area contributed by atoms with Crippen molar-refractivity contribution in [2.24, 2.45) is 0 Å². The standard InChI is InChI=1S/C26H28N6O/c1-27-22-9-7-20(8-10-22)17-32-19-28-16-23(32)18-30-11-13-31(14-12-30)26(33)29-25-15-24(25)21-5-3-2-4-6-21/h2-10,16,19,24-25H,11-15,17-18H2,(H,29,33)/t24-,25?/m0/s1. The molecule has 1 saturated carbocycles. The first kappa shape index (κ1) is 21.2. The smallest absolute Gasteiger partial charge is 0.317 e. The summed E-state index contributed by atoms with van der Waals surface area (Å²) in [5.74, 6) is 0.453. The molecule has 1 aliphatic heterocycles. The van der Waals surface area contributed by atoms with Crippen LogP contribution in [0.2, 0.25) is 0 Å². The summed E-state index contributed by atoms with van der Waals surface area (Å²) in [7, 11) is 0. The van der Waals surface area contributed by atoms with Crippen LogP contribution in [0.15, 0.2) is 67.1 Å². The van der Waals surface area contributed by atoms with E-state index >= 15 is 0 Å². The maximum atomic E-state index is 12.7. The van der Waals surface area contributed by atoms with Crippen LogP contribution in [-0.4, -0.2) is 57.6 Å². The number of benzene rings is 2. The average molecular weight is 441 g/mol.